The molecule has 20 heavy (non-hydrogen) atoms. The smallest absolute Gasteiger partial charge is 0.207 e. The highest BCUT2D eigenvalue weighted by Gasteiger charge is 2.18. The Hall–Kier alpha value is -1.36. The lowest BCUT2D eigenvalue weighted by molar-refractivity contribution is 0.567. The van der Waals surface area contributed by atoms with E-state index in [1.807, 2.05) is 13.0 Å². The van der Waals surface area contributed by atoms with Crippen molar-refractivity contribution >= 4 is 21.6 Å². The highest BCUT2D eigenvalue weighted by Crippen LogP contribution is 2.20. The lowest BCUT2D eigenvalue weighted by Gasteiger charge is -2.15. The monoisotopic (exact) mass is 309 g/mol. The Morgan fingerprint density at radius 3 is 2.35 bits per heavy atom. The molecule has 1 N–H and O–H groups in total. The number of benzene rings is 2. The van der Waals surface area contributed by atoms with Crippen LogP contribution in [0.15, 0.2) is 53.4 Å². The fourth-order valence-corrected chi connectivity index (χ4v) is 3.29. The number of nitrogens with one attached hydrogen (secondary N) is 1. The third-order valence-electron chi connectivity index (χ3n) is 3.01. The van der Waals surface area contributed by atoms with Gasteiger partial charge in [0.15, 0.2) is 0 Å². The van der Waals surface area contributed by atoms with Crippen LogP contribution < -0.4 is 4.72 Å². The minimum Gasteiger partial charge on any atom is -0.207 e. The van der Waals surface area contributed by atoms with E-state index in [1.165, 1.54) is 0 Å². The number of hydrogen-bond donors (Lipinski definition) is 1. The lowest BCUT2D eigenvalue weighted by atomic mass is 10.1. The molecule has 3 nitrogen and oxygen atoms in total. The van der Waals surface area contributed by atoms with E-state index in [0.29, 0.717) is 5.02 Å². The van der Waals surface area contributed by atoms with Crippen LogP contribution in [0.4, 0.5) is 0 Å². The van der Waals surface area contributed by atoms with Crippen LogP contribution in [0.2, 0.25) is 5.02 Å². The van der Waals surface area contributed by atoms with Crippen LogP contribution in [0.3, 0.4) is 0 Å². The van der Waals surface area contributed by atoms with Gasteiger partial charge in [0, 0.05) is 11.1 Å². The second kappa shape index (κ2) is 5.95. The van der Waals surface area contributed by atoms with Gasteiger partial charge >= 0.3 is 0 Å². The van der Waals surface area contributed by atoms with Gasteiger partial charge in [-0.1, -0.05) is 41.4 Å². The second-order valence-corrected chi connectivity index (χ2v) is 6.86. The van der Waals surface area contributed by atoms with E-state index in [9.17, 15) is 8.42 Å². The summed E-state index contributed by atoms with van der Waals surface area (Å²) in [5, 5.41) is 0.587. The van der Waals surface area contributed by atoms with Crippen molar-refractivity contribution < 1.29 is 8.42 Å². The molecule has 0 aliphatic rings. The van der Waals surface area contributed by atoms with E-state index in [2.05, 4.69) is 4.72 Å². The SMILES string of the molecule is Cc1ccc(S(=O)(=O)N[C@H](C)c2cccc(Cl)c2)cc1. The molecule has 0 fully saturated rings. The minimum atomic E-state index is -3.53. The van der Waals surface area contributed by atoms with E-state index in [1.54, 1.807) is 49.4 Å². The summed E-state index contributed by atoms with van der Waals surface area (Å²) < 4.78 is 27.2. The first-order valence-corrected chi connectivity index (χ1v) is 8.09. The summed E-state index contributed by atoms with van der Waals surface area (Å²) >= 11 is 5.92. The van der Waals surface area contributed by atoms with E-state index in [4.69, 9.17) is 11.6 Å². The predicted molar refractivity (Wildman–Crippen MR) is 81.4 cm³/mol. The van der Waals surface area contributed by atoms with Crippen LogP contribution in [-0.4, -0.2) is 8.42 Å². The van der Waals surface area contributed by atoms with E-state index >= 15 is 0 Å². The Morgan fingerprint density at radius 1 is 1.10 bits per heavy atom. The van der Waals surface area contributed by atoms with Crippen LogP contribution in [0.25, 0.3) is 0 Å². The molecule has 0 radical (unpaired) electrons. The van der Waals surface area contributed by atoms with Gasteiger partial charge in [0.05, 0.1) is 4.90 Å². The van der Waals surface area contributed by atoms with Gasteiger partial charge in [-0.05, 0) is 43.7 Å². The van der Waals surface area contributed by atoms with Gasteiger partial charge in [-0.25, -0.2) is 13.1 Å². The van der Waals surface area contributed by atoms with Gasteiger partial charge in [-0.15, -0.1) is 0 Å². The summed E-state index contributed by atoms with van der Waals surface area (Å²) in [7, 11) is -3.53. The van der Waals surface area contributed by atoms with E-state index in [-0.39, 0.29) is 10.9 Å². The molecule has 0 heterocycles. The maximum absolute atomic E-state index is 12.3. The summed E-state index contributed by atoms with van der Waals surface area (Å²) in [5.41, 5.74) is 1.85. The van der Waals surface area contributed by atoms with Crippen LogP contribution in [-0.2, 0) is 10.0 Å². The van der Waals surface area contributed by atoms with Crippen molar-refractivity contribution in [2.75, 3.05) is 0 Å². The van der Waals surface area contributed by atoms with Gasteiger partial charge in [0.2, 0.25) is 10.0 Å². The standard InChI is InChI=1S/C15H16ClNO2S/c1-11-6-8-15(9-7-11)20(18,19)17-12(2)13-4-3-5-14(16)10-13/h3-10,12,17H,1-2H3/t12-/m1/s1. The maximum Gasteiger partial charge on any atom is 0.241 e. The van der Waals surface area contributed by atoms with Crippen LogP contribution >= 0.6 is 11.6 Å². The molecule has 0 saturated carbocycles. The van der Waals surface area contributed by atoms with Crippen molar-refractivity contribution in [3.8, 4) is 0 Å². The van der Waals surface area contributed by atoms with Crippen molar-refractivity contribution in [2.24, 2.45) is 0 Å². The highest BCUT2D eigenvalue weighted by atomic mass is 35.5. The molecule has 0 aliphatic heterocycles. The van der Waals surface area contributed by atoms with Crippen molar-refractivity contribution in [3.63, 3.8) is 0 Å². The molecule has 0 unspecified atom stereocenters. The summed E-state index contributed by atoms with van der Waals surface area (Å²) in [6.45, 7) is 3.70. The number of aryl methyl sites for hydroxylation is 1. The first-order valence-electron chi connectivity index (χ1n) is 6.23. The quantitative estimate of drug-likeness (QED) is 0.936. The first kappa shape index (κ1) is 15.0. The minimum absolute atomic E-state index is 0.261. The molecule has 2 aromatic rings. The molecular weight excluding hydrogens is 294 g/mol. The summed E-state index contributed by atoms with van der Waals surface area (Å²) in [6.07, 6.45) is 0. The van der Waals surface area contributed by atoms with Crippen LogP contribution in [0.1, 0.15) is 24.1 Å². The lowest BCUT2D eigenvalue weighted by Crippen LogP contribution is -2.26. The van der Waals surface area contributed by atoms with Gasteiger partial charge in [-0.2, -0.15) is 0 Å². The normalized spacial score (nSPS) is 13.2. The van der Waals surface area contributed by atoms with Crippen LogP contribution in [0, 0.1) is 6.92 Å². The molecule has 0 bridgehead atoms. The predicted octanol–water partition coefficient (Wildman–Crippen LogP) is 3.69. The van der Waals surface area contributed by atoms with Crippen LogP contribution in [0.5, 0.6) is 0 Å². The van der Waals surface area contributed by atoms with Crippen molar-refractivity contribution in [2.45, 2.75) is 24.8 Å². The Bertz CT molecular complexity index is 696. The fourth-order valence-electron chi connectivity index (χ4n) is 1.86. The molecule has 0 aliphatic carbocycles. The summed E-state index contributed by atoms with van der Waals surface area (Å²) in [6, 6.07) is 13.6. The first-order chi connectivity index (χ1) is 9.38. The number of hydrogen-bond acceptors (Lipinski definition) is 2. The van der Waals surface area contributed by atoms with Gasteiger partial charge < -0.3 is 0 Å². The van der Waals surface area contributed by atoms with E-state index < -0.39 is 10.0 Å². The average molecular weight is 310 g/mol. The molecule has 2 rings (SSSR count). The fraction of sp³-hybridized carbons (Fsp3) is 0.200. The summed E-state index contributed by atoms with van der Waals surface area (Å²) in [5.74, 6) is 0. The molecule has 0 spiro atoms. The zero-order chi connectivity index (χ0) is 14.8. The zero-order valence-electron chi connectivity index (χ0n) is 11.3. The molecule has 5 heteroatoms. The maximum atomic E-state index is 12.3. The van der Waals surface area contributed by atoms with Crippen molar-refractivity contribution in [1.29, 1.82) is 0 Å². The molecule has 106 valence electrons. The van der Waals surface area contributed by atoms with Gasteiger partial charge in [0.25, 0.3) is 0 Å². The molecular formula is C15H16ClNO2S. The van der Waals surface area contributed by atoms with E-state index in [0.717, 1.165) is 11.1 Å². The molecule has 0 saturated heterocycles. The Morgan fingerprint density at radius 2 is 1.75 bits per heavy atom. The van der Waals surface area contributed by atoms with Crippen molar-refractivity contribution in [3.05, 3.63) is 64.7 Å². The van der Waals surface area contributed by atoms with Gasteiger partial charge in [-0.3, -0.25) is 0 Å². The largest absolute Gasteiger partial charge is 0.241 e. The van der Waals surface area contributed by atoms with Crippen molar-refractivity contribution in [1.82, 2.24) is 4.72 Å². The Kier molecular flexibility index (Phi) is 4.48. The topological polar surface area (TPSA) is 46.2 Å². The number of sulfonamides is 1. The Balaban J connectivity index is 2.22. The molecule has 0 amide bonds. The number of rotatable bonds is 4. The molecule has 0 aromatic heterocycles. The third kappa shape index (κ3) is 3.60. The zero-order valence-corrected chi connectivity index (χ0v) is 12.9. The van der Waals surface area contributed by atoms with Gasteiger partial charge in [0.1, 0.15) is 0 Å². The Labute approximate surface area is 124 Å². The molecule has 2 aromatic carbocycles. The number of halogens is 1. The second-order valence-electron chi connectivity index (χ2n) is 4.71. The average Bonchev–Trinajstić information content (AvgIpc) is 2.38. The summed E-state index contributed by atoms with van der Waals surface area (Å²) in [4.78, 5) is 0.261. The molecule has 1 atom stereocenters. The third-order valence-corrected chi connectivity index (χ3v) is 4.80. The highest BCUT2D eigenvalue weighted by molar-refractivity contribution is 7.89.